The normalized spacial score (nSPS) is 10.8. The summed E-state index contributed by atoms with van der Waals surface area (Å²) in [6, 6.07) is 13.2. The molecule has 0 aliphatic heterocycles. The number of carbonyl (C=O) groups is 2. The quantitative estimate of drug-likeness (QED) is 0.639. The average Bonchev–Trinajstić information content (AvgIpc) is 2.70. The van der Waals surface area contributed by atoms with Gasteiger partial charge in [-0.1, -0.05) is 30.3 Å². The number of nitrogens with one attached hydrogen (secondary N) is 1. The summed E-state index contributed by atoms with van der Waals surface area (Å²) in [4.78, 5) is 29.6. The van der Waals surface area contributed by atoms with Crippen LogP contribution in [0, 0.1) is 20.8 Å². The average molecular weight is 392 g/mol. The monoisotopic (exact) mass is 392 g/mol. The van der Waals surface area contributed by atoms with Crippen LogP contribution < -0.4 is 5.32 Å². The second-order valence-corrected chi connectivity index (χ2v) is 6.88. The number of aromatic nitrogens is 1. The molecule has 1 heterocycles. The van der Waals surface area contributed by atoms with Crippen LogP contribution in [0.3, 0.4) is 0 Å². The van der Waals surface area contributed by atoms with Gasteiger partial charge in [0.25, 0.3) is 5.91 Å². The van der Waals surface area contributed by atoms with E-state index in [2.05, 4.69) is 10.3 Å². The lowest BCUT2D eigenvalue weighted by atomic mass is 10.0. The molecule has 0 spiro atoms. The molecule has 1 N–H and O–H groups in total. The van der Waals surface area contributed by atoms with Crippen LogP contribution in [-0.4, -0.2) is 30.6 Å². The van der Waals surface area contributed by atoms with Gasteiger partial charge < -0.3 is 14.8 Å². The summed E-state index contributed by atoms with van der Waals surface area (Å²) in [5.41, 5.74) is 5.11. The predicted octanol–water partition coefficient (Wildman–Crippen LogP) is 4.10. The standard InChI is InChI=1S/C23H24N2O4/c1-14-8-7-11-18(15(14)2)25-21(26)13-29-23(27)22-16(3)17-9-5-6-10-19(17)24-20(22)12-28-4/h5-11H,12-13H2,1-4H3,(H,25,26). The maximum atomic E-state index is 12.8. The van der Waals surface area contributed by atoms with Gasteiger partial charge in [-0.25, -0.2) is 9.78 Å². The van der Waals surface area contributed by atoms with E-state index in [-0.39, 0.29) is 13.2 Å². The maximum absolute atomic E-state index is 12.8. The maximum Gasteiger partial charge on any atom is 0.340 e. The number of ether oxygens (including phenoxy) is 2. The van der Waals surface area contributed by atoms with Gasteiger partial charge in [-0.2, -0.15) is 0 Å². The highest BCUT2D eigenvalue weighted by molar-refractivity contribution is 6.00. The summed E-state index contributed by atoms with van der Waals surface area (Å²) >= 11 is 0. The first kappa shape index (κ1) is 20.5. The van der Waals surface area contributed by atoms with Crippen molar-refractivity contribution in [3.63, 3.8) is 0 Å². The molecular weight excluding hydrogens is 368 g/mol. The van der Waals surface area contributed by atoms with Gasteiger partial charge in [0.05, 0.1) is 23.4 Å². The van der Waals surface area contributed by atoms with E-state index in [9.17, 15) is 9.59 Å². The number of fused-ring (bicyclic) bond motifs is 1. The molecule has 6 nitrogen and oxygen atoms in total. The number of methoxy groups -OCH3 is 1. The van der Waals surface area contributed by atoms with Crippen molar-refractivity contribution in [2.75, 3.05) is 19.0 Å². The lowest BCUT2D eigenvalue weighted by molar-refractivity contribution is -0.119. The first-order valence-electron chi connectivity index (χ1n) is 9.32. The molecule has 0 aliphatic rings. The molecule has 29 heavy (non-hydrogen) atoms. The van der Waals surface area contributed by atoms with E-state index in [0.717, 1.165) is 27.6 Å². The van der Waals surface area contributed by atoms with Gasteiger partial charge in [0.1, 0.15) is 0 Å². The zero-order valence-electron chi connectivity index (χ0n) is 17.0. The van der Waals surface area contributed by atoms with Gasteiger partial charge in [-0.15, -0.1) is 0 Å². The number of hydrogen-bond acceptors (Lipinski definition) is 5. The number of rotatable bonds is 6. The zero-order valence-corrected chi connectivity index (χ0v) is 17.0. The molecule has 0 bridgehead atoms. The van der Waals surface area contributed by atoms with E-state index in [0.29, 0.717) is 16.9 Å². The molecule has 1 amide bonds. The number of aryl methyl sites for hydroxylation is 2. The van der Waals surface area contributed by atoms with Crippen molar-refractivity contribution in [2.24, 2.45) is 0 Å². The van der Waals surface area contributed by atoms with E-state index in [1.54, 1.807) is 7.11 Å². The fourth-order valence-corrected chi connectivity index (χ4v) is 3.23. The van der Waals surface area contributed by atoms with Crippen molar-refractivity contribution in [3.05, 3.63) is 70.4 Å². The number of benzene rings is 2. The lowest BCUT2D eigenvalue weighted by Crippen LogP contribution is -2.22. The second-order valence-electron chi connectivity index (χ2n) is 6.88. The number of pyridine rings is 1. The van der Waals surface area contributed by atoms with Gasteiger partial charge in [0.15, 0.2) is 6.61 Å². The number of anilines is 1. The predicted molar refractivity (Wildman–Crippen MR) is 112 cm³/mol. The van der Waals surface area contributed by atoms with Crippen LogP contribution >= 0.6 is 0 Å². The third-order valence-electron chi connectivity index (χ3n) is 4.93. The van der Waals surface area contributed by atoms with Crippen molar-refractivity contribution in [1.82, 2.24) is 4.98 Å². The van der Waals surface area contributed by atoms with Crippen molar-refractivity contribution in [2.45, 2.75) is 27.4 Å². The fraction of sp³-hybridized carbons (Fsp3) is 0.261. The third kappa shape index (κ3) is 4.43. The van der Waals surface area contributed by atoms with Crippen molar-refractivity contribution >= 4 is 28.5 Å². The highest BCUT2D eigenvalue weighted by atomic mass is 16.5. The Morgan fingerprint density at radius 1 is 1.00 bits per heavy atom. The molecule has 3 rings (SSSR count). The minimum absolute atomic E-state index is 0.171. The molecular formula is C23H24N2O4. The van der Waals surface area contributed by atoms with Crippen LogP contribution in [0.4, 0.5) is 5.69 Å². The Labute approximate surface area is 169 Å². The zero-order chi connectivity index (χ0) is 21.0. The van der Waals surface area contributed by atoms with Crippen molar-refractivity contribution in [1.29, 1.82) is 0 Å². The van der Waals surface area contributed by atoms with E-state index in [4.69, 9.17) is 9.47 Å². The fourth-order valence-electron chi connectivity index (χ4n) is 3.23. The molecule has 3 aromatic rings. The molecule has 6 heteroatoms. The van der Waals surface area contributed by atoms with Gasteiger partial charge >= 0.3 is 5.97 Å². The molecule has 0 aliphatic carbocycles. The molecule has 1 aromatic heterocycles. The highest BCUT2D eigenvalue weighted by Gasteiger charge is 2.21. The van der Waals surface area contributed by atoms with Gasteiger partial charge in [-0.3, -0.25) is 4.79 Å². The second kappa shape index (κ2) is 8.84. The van der Waals surface area contributed by atoms with Crippen LogP contribution in [0.15, 0.2) is 42.5 Å². The largest absolute Gasteiger partial charge is 0.452 e. The van der Waals surface area contributed by atoms with Gasteiger partial charge in [0.2, 0.25) is 0 Å². The molecule has 2 aromatic carbocycles. The first-order valence-corrected chi connectivity index (χ1v) is 9.32. The number of amides is 1. The number of para-hydroxylation sites is 1. The molecule has 0 unspecified atom stereocenters. The summed E-state index contributed by atoms with van der Waals surface area (Å²) in [6.45, 7) is 5.53. The van der Waals surface area contributed by atoms with Gasteiger partial charge in [-0.05, 0) is 49.6 Å². The van der Waals surface area contributed by atoms with Crippen molar-refractivity contribution in [3.8, 4) is 0 Å². The van der Waals surface area contributed by atoms with Crippen molar-refractivity contribution < 1.29 is 19.1 Å². The van der Waals surface area contributed by atoms with Crippen LogP contribution in [0.1, 0.15) is 32.7 Å². The minimum Gasteiger partial charge on any atom is -0.452 e. The van der Waals surface area contributed by atoms with E-state index in [1.807, 2.05) is 63.2 Å². The van der Waals surface area contributed by atoms with Crippen LogP contribution in [0.25, 0.3) is 10.9 Å². The van der Waals surface area contributed by atoms with Crippen LogP contribution in [-0.2, 0) is 20.9 Å². The molecule has 0 saturated heterocycles. The summed E-state index contributed by atoms with van der Waals surface area (Å²) in [5, 5.41) is 3.65. The number of hydrogen-bond donors (Lipinski definition) is 1. The smallest absolute Gasteiger partial charge is 0.340 e. The minimum atomic E-state index is -0.594. The van der Waals surface area contributed by atoms with Crippen LogP contribution in [0.2, 0.25) is 0 Å². The Bertz CT molecular complexity index is 1080. The summed E-state index contributed by atoms with van der Waals surface area (Å²) in [7, 11) is 1.54. The molecule has 150 valence electrons. The number of esters is 1. The lowest BCUT2D eigenvalue weighted by Gasteiger charge is -2.14. The van der Waals surface area contributed by atoms with E-state index < -0.39 is 11.9 Å². The Hall–Kier alpha value is -3.25. The SMILES string of the molecule is COCc1nc2ccccc2c(C)c1C(=O)OCC(=O)Nc1cccc(C)c1C. The molecule has 0 atom stereocenters. The Morgan fingerprint density at radius 3 is 2.52 bits per heavy atom. The number of nitrogens with zero attached hydrogens (tertiary/aromatic N) is 1. The molecule has 0 fully saturated rings. The van der Waals surface area contributed by atoms with Crippen LogP contribution in [0.5, 0.6) is 0 Å². The van der Waals surface area contributed by atoms with E-state index >= 15 is 0 Å². The molecule has 0 radical (unpaired) electrons. The summed E-state index contributed by atoms with van der Waals surface area (Å²) in [5.74, 6) is -0.990. The topological polar surface area (TPSA) is 77.5 Å². The summed E-state index contributed by atoms with van der Waals surface area (Å²) in [6.07, 6.45) is 0. The number of carbonyl (C=O) groups excluding carboxylic acids is 2. The molecule has 0 saturated carbocycles. The highest BCUT2D eigenvalue weighted by Crippen LogP contribution is 2.24. The Balaban J connectivity index is 1.79. The third-order valence-corrected chi connectivity index (χ3v) is 4.93. The Kier molecular flexibility index (Phi) is 6.24. The summed E-state index contributed by atoms with van der Waals surface area (Å²) < 4.78 is 10.5. The Morgan fingerprint density at radius 2 is 1.76 bits per heavy atom. The van der Waals surface area contributed by atoms with Gasteiger partial charge in [0, 0.05) is 18.2 Å². The van der Waals surface area contributed by atoms with E-state index in [1.165, 1.54) is 0 Å². The first-order chi connectivity index (χ1) is 13.9.